The molecule has 1 aliphatic heterocycles. The van der Waals surface area contributed by atoms with Gasteiger partial charge in [-0.15, -0.1) is 0 Å². The molecule has 1 aromatic rings. The Morgan fingerprint density at radius 2 is 2.00 bits per heavy atom. The molecule has 0 spiro atoms. The summed E-state index contributed by atoms with van der Waals surface area (Å²) in [6.45, 7) is 7.25. The molecule has 0 aromatic heterocycles. The van der Waals surface area contributed by atoms with E-state index in [2.05, 4.69) is 18.7 Å². The molecule has 1 saturated heterocycles. The first-order valence-corrected chi connectivity index (χ1v) is 7.93. The molecule has 1 N–H and O–H groups in total. The van der Waals surface area contributed by atoms with Crippen molar-refractivity contribution < 1.29 is 9.90 Å². The quantitative estimate of drug-likeness (QED) is 0.871. The Morgan fingerprint density at radius 3 is 2.57 bits per heavy atom. The Kier molecular flexibility index (Phi) is 5.76. The zero-order valence-corrected chi connectivity index (χ0v) is 13.0. The minimum atomic E-state index is -0.450. The summed E-state index contributed by atoms with van der Waals surface area (Å²) < 4.78 is 0. The number of carbonyl (C=O) groups excluding carboxylic acids is 1. The molecule has 1 fully saturated rings. The summed E-state index contributed by atoms with van der Waals surface area (Å²) in [7, 11) is 0. The molecule has 0 radical (unpaired) electrons. The predicted molar refractivity (Wildman–Crippen MR) is 84.3 cm³/mol. The largest absolute Gasteiger partial charge is 0.390 e. The maximum absolute atomic E-state index is 12.8. The minimum Gasteiger partial charge on any atom is -0.390 e. The van der Waals surface area contributed by atoms with Crippen LogP contribution in [0.15, 0.2) is 30.3 Å². The first-order valence-electron chi connectivity index (χ1n) is 7.93. The van der Waals surface area contributed by atoms with Crippen molar-refractivity contribution in [3.8, 4) is 0 Å². The highest BCUT2D eigenvalue weighted by molar-refractivity contribution is 5.94. The van der Waals surface area contributed by atoms with E-state index in [1.54, 1.807) is 0 Å². The van der Waals surface area contributed by atoms with E-state index in [1.807, 2.05) is 35.2 Å². The number of likely N-dealkylation sites (tertiary alicyclic amines) is 1. The molecular weight excluding hydrogens is 264 g/mol. The monoisotopic (exact) mass is 290 g/mol. The summed E-state index contributed by atoms with van der Waals surface area (Å²) in [6, 6.07) is 9.28. The van der Waals surface area contributed by atoms with Crippen molar-refractivity contribution in [3.63, 3.8) is 0 Å². The molecule has 2 unspecified atom stereocenters. The average Bonchev–Trinajstić information content (AvgIpc) is 2.89. The molecule has 1 amide bonds. The molecule has 1 aliphatic rings. The molecule has 0 saturated carbocycles. The van der Waals surface area contributed by atoms with Crippen molar-refractivity contribution in [2.45, 2.75) is 38.8 Å². The van der Waals surface area contributed by atoms with Crippen molar-refractivity contribution in [1.29, 1.82) is 0 Å². The van der Waals surface area contributed by atoms with Gasteiger partial charge in [-0.1, -0.05) is 38.5 Å². The summed E-state index contributed by atoms with van der Waals surface area (Å²) in [5, 5.41) is 10.3. The number of likely N-dealkylation sites (N-methyl/N-ethyl adjacent to an activating group) is 1. The highest BCUT2D eigenvalue weighted by Crippen LogP contribution is 2.19. The predicted octanol–water partition coefficient (Wildman–Crippen LogP) is 1.99. The van der Waals surface area contributed by atoms with E-state index in [4.69, 9.17) is 0 Å². The van der Waals surface area contributed by atoms with Gasteiger partial charge in [0.2, 0.25) is 0 Å². The number of amides is 1. The maximum atomic E-state index is 12.8. The number of aliphatic hydroxyl groups excluding tert-OH is 1. The molecule has 21 heavy (non-hydrogen) atoms. The van der Waals surface area contributed by atoms with Gasteiger partial charge in [0.1, 0.15) is 0 Å². The van der Waals surface area contributed by atoms with Crippen LogP contribution in [0.5, 0.6) is 0 Å². The van der Waals surface area contributed by atoms with E-state index in [0.717, 1.165) is 25.9 Å². The maximum Gasteiger partial charge on any atom is 0.254 e. The first kappa shape index (κ1) is 16.0. The fourth-order valence-electron chi connectivity index (χ4n) is 2.90. The summed E-state index contributed by atoms with van der Waals surface area (Å²) >= 11 is 0. The lowest BCUT2D eigenvalue weighted by Gasteiger charge is -2.31. The minimum absolute atomic E-state index is 0.0334. The number of nitrogens with zero attached hydrogens (tertiary/aromatic N) is 2. The summed E-state index contributed by atoms with van der Waals surface area (Å²) in [4.78, 5) is 16.8. The van der Waals surface area contributed by atoms with Gasteiger partial charge in [0.15, 0.2) is 0 Å². The third-order valence-corrected chi connectivity index (χ3v) is 4.22. The highest BCUT2D eigenvalue weighted by Gasteiger charge is 2.37. The normalized spacial score (nSPS) is 22.4. The van der Waals surface area contributed by atoms with Gasteiger partial charge in [0, 0.05) is 25.2 Å². The molecule has 2 rings (SSSR count). The second kappa shape index (κ2) is 7.57. The van der Waals surface area contributed by atoms with Crippen LogP contribution in [0.1, 0.15) is 37.0 Å². The summed E-state index contributed by atoms with van der Waals surface area (Å²) in [5.41, 5.74) is 0.704. The van der Waals surface area contributed by atoms with Crippen molar-refractivity contribution in [2.75, 3.05) is 26.2 Å². The average molecular weight is 290 g/mol. The number of hydrogen-bond donors (Lipinski definition) is 1. The molecule has 4 heteroatoms. The fraction of sp³-hybridized carbons (Fsp3) is 0.588. The Hall–Kier alpha value is -1.39. The number of β-amino-alcohol motifs (C(OH)–C–C–N with tert-alkyl or cyclic N) is 1. The van der Waals surface area contributed by atoms with Gasteiger partial charge >= 0.3 is 0 Å². The fourth-order valence-corrected chi connectivity index (χ4v) is 2.90. The van der Waals surface area contributed by atoms with Gasteiger partial charge in [-0.3, -0.25) is 9.69 Å². The van der Waals surface area contributed by atoms with Crippen molar-refractivity contribution in [1.82, 2.24) is 9.80 Å². The topological polar surface area (TPSA) is 43.8 Å². The number of rotatable bonds is 6. The smallest absolute Gasteiger partial charge is 0.254 e. The van der Waals surface area contributed by atoms with Crippen LogP contribution in [0.3, 0.4) is 0 Å². The molecule has 116 valence electrons. The van der Waals surface area contributed by atoms with Crippen LogP contribution in [-0.2, 0) is 0 Å². The molecule has 0 aliphatic carbocycles. The van der Waals surface area contributed by atoms with E-state index in [9.17, 15) is 9.90 Å². The van der Waals surface area contributed by atoms with Gasteiger partial charge in [0.05, 0.1) is 12.1 Å². The molecule has 1 aromatic carbocycles. The van der Waals surface area contributed by atoms with E-state index < -0.39 is 6.10 Å². The van der Waals surface area contributed by atoms with Crippen molar-refractivity contribution >= 4 is 5.91 Å². The number of carbonyl (C=O) groups is 1. The third-order valence-electron chi connectivity index (χ3n) is 4.22. The second-order valence-corrected chi connectivity index (χ2v) is 5.71. The van der Waals surface area contributed by atoms with E-state index in [-0.39, 0.29) is 11.9 Å². The molecule has 2 atom stereocenters. The van der Waals surface area contributed by atoms with E-state index in [0.29, 0.717) is 18.7 Å². The lowest BCUT2D eigenvalue weighted by molar-refractivity contribution is 0.0500. The third kappa shape index (κ3) is 3.83. The van der Waals surface area contributed by atoms with Gasteiger partial charge in [-0.2, -0.15) is 0 Å². The summed E-state index contributed by atoms with van der Waals surface area (Å²) in [5.74, 6) is 0.0334. The van der Waals surface area contributed by atoms with Gasteiger partial charge in [0.25, 0.3) is 5.91 Å². The van der Waals surface area contributed by atoms with Gasteiger partial charge < -0.3 is 10.0 Å². The van der Waals surface area contributed by atoms with Gasteiger partial charge in [-0.05, 0) is 25.1 Å². The zero-order chi connectivity index (χ0) is 15.2. The molecule has 1 heterocycles. The Morgan fingerprint density at radius 1 is 1.29 bits per heavy atom. The van der Waals surface area contributed by atoms with Gasteiger partial charge in [-0.25, -0.2) is 0 Å². The van der Waals surface area contributed by atoms with Crippen LogP contribution in [0.4, 0.5) is 0 Å². The molecular formula is C17H26N2O2. The molecule has 4 nitrogen and oxygen atoms in total. The van der Waals surface area contributed by atoms with Crippen LogP contribution < -0.4 is 0 Å². The number of hydrogen-bond acceptors (Lipinski definition) is 3. The molecule has 0 bridgehead atoms. The van der Waals surface area contributed by atoms with Crippen molar-refractivity contribution in [2.24, 2.45) is 0 Å². The van der Waals surface area contributed by atoms with E-state index in [1.165, 1.54) is 0 Å². The Labute approximate surface area is 127 Å². The Bertz CT molecular complexity index is 449. The van der Waals surface area contributed by atoms with Crippen LogP contribution in [0, 0.1) is 0 Å². The number of unbranched alkanes of at least 4 members (excludes halogenated alkanes) is 1. The number of benzene rings is 1. The lowest BCUT2D eigenvalue weighted by Crippen LogP contribution is -2.47. The zero-order valence-electron chi connectivity index (χ0n) is 13.0. The van der Waals surface area contributed by atoms with Crippen LogP contribution in [-0.4, -0.2) is 59.1 Å². The first-order chi connectivity index (χ1) is 10.2. The summed E-state index contributed by atoms with van der Waals surface area (Å²) in [6.07, 6.45) is 1.56. The van der Waals surface area contributed by atoms with Crippen LogP contribution in [0.25, 0.3) is 0 Å². The standard InChI is InChI=1S/C17H26N2O2/c1-3-5-11-19(15-12-18(4-2)13-16(15)20)17(21)14-9-7-6-8-10-14/h6-10,15-16,20H,3-5,11-13H2,1-2H3. The Balaban J connectivity index is 2.16. The van der Waals surface area contributed by atoms with E-state index >= 15 is 0 Å². The second-order valence-electron chi connectivity index (χ2n) is 5.71. The lowest BCUT2D eigenvalue weighted by atomic mass is 10.1. The van der Waals surface area contributed by atoms with Crippen LogP contribution >= 0.6 is 0 Å². The highest BCUT2D eigenvalue weighted by atomic mass is 16.3. The SMILES string of the molecule is CCCCN(C(=O)c1ccccc1)C1CN(CC)CC1O. The number of aliphatic hydroxyl groups is 1. The van der Waals surface area contributed by atoms with Crippen molar-refractivity contribution in [3.05, 3.63) is 35.9 Å². The van der Waals surface area contributed by atoms with Crippen LogP contribution in [0.2, 0.25) is 0 Å².